The third kappa shape index (κ3) is 2.29. The predicted octanol–water partition coefficient (Wildman–Crippen LogP) is 1.16. The van der Waals surface area contributed by atoms with Gasteiger partial charge in [-0.2, -0.15) is 0 Å². The molecule has 6 nitrogen and oxygen atoms in total. The fraction of sp³-hybridized carbons (Fsp3) is 0.846. The van der Waals surface area contributed by atoms with Crippen molar-refractivity contribution >= 4 is 12.0 Å². The Morgan fingerprint density at radius 1 is 1.42 bits per heavy atom. The third-order valence-electron chi connectivity index (χ3n) is 4.32. The van der Waals surface area contributed by atoms with Crippen molar-refractivity contribution < 1.29 is 19.4 Å². The number of rotatable bonds is 2. The molecule has 2 saturated heterocycles. The van der Waals surface area contributed by atoms with Crippen LogP contribution < -0.4 is 0 Å². The van der Waals surface area contributed by atoms with E-state index in [9.17, 15) is 14.7 Å². The molecule has 0 aromatic heterocycles. The number of ether oxygens (including phenoxy) is 1. The first-order valence-corrected chi connectivity index (χ1v) is 6.92. The summed E-state index contributed by atoms with van der Waals surface area (Å²) in [7, 11) is 0. The van der Waals surface area contributed by atoms with Gasteiger partial charge >= 0.3 is 12.0 Å². The summed E-state index contributed by atoms with van der Waals surface area (Å²) >= 11 is 0. The molecule has 2 aliphatic heterocycles. The highest BCUT2D eigenvalue weighted by molar-refractivity contribution is 5.87. The Morgan fingerprint density at radius 2 is 2.16 bits per heavy atom. The van der Waals surface area contributed by atoms with Crippen LogP contribution in [-0.2, 0) is 9.53 Å². The molecule has 6 heteroatoms. The number of amides is 2. The largest absolute Gasteiger partial charge is 0.479 e. The van der Waals surface area contributed by atoms with Gasteiger partial charge in [-0.15, -0.1) is 0 Å². The molecule has 2 rings (SSSR count). The maximum absolute atomic E-state index is 12.6. The van der Waals surface area contributed by atoms with Crippen molar-refractivity contribution in [3.63, 3.8) is 0 Å². The van der Waals surface area contributed by atoms with E-state index in [-0.39, 0.29) is 12.1 Å². The zero-order valence-electron chi connectivity index (χ0n) is 11.6. The standard InChI is InChI=1S/C13H22N2O4/c1-3-13(11(16)17)5-4-6-15(13)12(18)14-7-8-19-9-10(14)2/h10H,3-9H2,1-2H3,(H,16,17). The lowest BCUT2D eigenvalue weighted by Crippen LogP contribution is -2.59. The molecule has 0 spiro atoms. The maximum atomic E-state index is 12.6. The molecule has 0 aliphatic carbocycles. The Morgan fingerprint density at radius 3 is 2.74 bits per heavy atom. The van der Waals surface area contributed by atoms with Gasteiger partial charge < -0.3 is 19.6 Å². The van der Waals surface area contributed by atoms with Crippen molar-refractivity contribution in [3.05, 3.63) is 0 Å². The van der Waals surface area contributed by atoms with E-state index in [1.54, 1.807) is 9.80 Å². The minimum absolute atomic E-state index is 0.00482. The molecule has 2 heterocycles. The van der Waals surface area contributed by atoms with Gasteiger partial charge in [0.05, 0.1) is 19.3 Å². The van der Waals surface area contributed by atoms with Crippen LogP contribution in [0.3, 0.4) is 0 Å². The smallest absolute Gasteiger partial charge is 0.329 e. The number of hydrogen-bond acceptors (Lipinski definition) is 3. The number of morpholine rings is 1. The van der Waals surface area contributed by atoms with Crippen molar-refractivity contribution in [2.24, 2.45) is 0 Å². The van der Waals surface area contributed by atoms with Crippen LogP contribution in [0.4, 0.5) is 4.79 Å². The van der Waals surface area contributed by atoms with E-state index in [1.165, 1.54) is 0 Å². The maximum Gasteiger partial charge on any atom is 0.329 e. The van der Waals surface area contributed by atoms with Gasteiger partial charge in [0.2, 0.25) is 0 Å². The van der Waals surface area contributed by atoms with Gasteiger partial charge in [-0.05, 0) is 26.2 Å². The number of nitrogens with zero attached hydrogens (tertiary/aromatic N) is 2. The monoisotopic (exact) mass is 270 g/mol. The molecule has 108 valence electrons. The van der Waals surface area contributed by atoms with E-state index >= 15 is 0 Å². The molecular weight excluding hydrogens is 248 g/mol. The van der Waals surface area contributed by atoms with Gasteiger partial charge in [0.15, 0.2) is 0 Å². The van der Waals surface area contributed by atoms with E-state index in [1.807, 2.05) is 13.8 Å². The average Bonchev–Trinajstić information content (AvgIpc) is 2.83. The van der Waals surface area contributed by atoms with Crippen LogP contribution in [0.5, 0.6) is 0 Å². The molecule has 2 atom stereocenters. The average molecular weight is 270 g/mol. The first-order chi connectivity index (χ1) is 9.03. The summed E-state index contributed by atoms with van der Waals surface area (Å²) in [5.41, 5.74) is -1.02. The van der Waals surface area contributed by atoms with Crippen LogP contribution in [0.25, 0.3) is 0 Å². The second-order valence-corrected chi connectivity index (χ2v) is 5.35. The number of carboxylic acid groups (broad SMARTS) is 1. The summed E-state index contributed by atoms with van der Waals surface area (Å²) in [4.78, 5) is 27.5. The number of likely N-dealkylation sites (tertiary alicyclic amines) is 1. The molecule has 2 aliphatic rings. The number of carboxylic acids is 1. The molecule has 0 saturated carbocycles. The van der Waals surface area contributed by atoms with E-state index in [0.29, 0.717) is 39.1 Å². The van der Waals surface area contributed by atoms with Crippen molar-refractivity contribution in [1.29, 1.82) is 0 Å². The highest BCUT2D eigenvalue weighted by atomic mass is 16.5. The summed E-state index contributed by atoms with van der Waals surface area (Å²) in [5.74, 6) is -0.887. The fourth-order valence-corrected chi connectivity index (χ4v) is 3.06. The minimum Gasteiger partial charge on any atom is -0.479 e. The van der Waals surface area contributed by atoms with Gasteiger partial charge in [-0.25, -0.2) is 9.59 Å². The summed E-state index contributed by atoms with van der Waals surface area (Å²) in [5, 5.41) is 9.51. The number of carbonyl (C=O) groups excluding carboxylic acids is 1. The SMILES string of the molecule is CCC1(C(=O)O)CCCN1C(=O)N1CCOCC1C. The van der Waals surface area contributed by atoms with Crippen LogP contribution in [0.2, 0.25) is 0 Å². The van der Waals surface area contributed by atoms with E-state index in [0.717, 1.165) is 6.42 Å². The van der Waals surface area contributed by atoms with Crippen LogP contribution in [0.1, 0.15) is 33.1 Å². The molecule has 2 amide bonds. The van der Waals surface area contributed by atoms with Gasteiger partial charge in [-0.1, -0.05) is 6.92 Å². The lowest BCUT2D eigenvalue weighted by Gasteiger charge is -2.41. The first kappa shape index (κ1) is 14.1. The fourth-order valence-electron chi connectivity index (χ4n) is 3.06. The quantitative estimate of drug-likeness (QED) is 0.817. The van der Waals surface area contributed by atoms with Crippen LogP contribution in [-0.4, -0.2) is 64.8 Å². The molecule has 2 fully saturated rings. The van der Waals surface area contributed by atoms with E-state index < -0.39 is 11.5 Å². The lowest BCUT2D eigenvalue weighted by atomic mass is 9.93. The zero-order chi connectivity index (χ0) is 14.0. The number of carbonyl (C=O) groups is 2. The molecule has 0 aromatic carbocycles. The van der Waals surface area contributed by atoms with Crippen molar-refractivity contribution in [2.45, 2.75) is 44.7 Å². The zero-order valence-corrected chi connectivity index (χ0v) is 11.6. The molecule has 1 N–H and O–H groups in total. The minimum atomic E-state index is -1.02. The molecule has 0 radical (unpaired) electrons. The second-order valence-electron chi connectivity index (χ2n) is 5.35. The number of hydrogen-bond donors (Lipinski definition) is 1. The molecule has 2 unspecified atom stereocenters. The molecular formula is C13H22N2O4. The van der Waals surface area contributed by atoms with Crippen molar-refractivity contribution in [3.8, 4) is 0 Å². The highest BCUT2D eigenvalue weighted by Crippen LogP contribution is 2.34. The van der Waals surface area contributed by atoms with E-state index in [4.69, 9.17) is 4.74 Å². The van der Waals surface area contributed by atoms with Gasteiger partial charge in [0, 0.05) is 13.1 Å². The van der Waals surface area contributed by atoms with Crippen molar-refractivity contribution in [2.75, 3.05) is 26.3 Å². The van der Waals surface area contributed by atoms with Crippen LogP contribution >= 0.6 is 0 Å². The second kappa shape index (κ2) is 5.36. The summed E-state index contributed by atoms with van der Waals surface area (Å²) < 4.78 is 5.32. The Labute approximate surface area is 113 Å². The summed E-state index contributed by atoms with van der Waals surface area (Å²) in [6.07, 6.45) is 1.75. The number of urea groups is 1. The Bertz CT molecular complexity index is 374. The van der Waals surface area contributed by atoms with Crippen molar-refractivity contribution in [1.82, 2.24) is 9.80 Å². The highest BCUT2D eigenvalue weighted by Gasteiger charge is 2.50. The van der Waals surface area contributed by atoms with Gasteiger partial charge in [-0.3, -0.25) is 0 Å². The summed E-state index contributed by atoms with van der Waals surface area (Å²) in [6.45, 7) is 5.88. The van der Waals surface area contributed by atoms with Crippen LogP contribution in [0, 0.1) is 0 Å². The van der Waals surface area contributed by atoms with Gasteiger partial charge in [0.1, 0.15) is 5.54 Å². The summed E-state index contributed by atoms with van der Waals surface area (Å²) in [6, 6.07) is -0.150. The third-order valence-corrected chi connectivity index (χ3v) is 4.32. The van der Waals surface area contributed by atoms with E-state index in [2.05, 4.69) is 0 Å². The lowest BCUT2D eigenvalue weighted by molar-refractivity contribution is -0.148. The molecule has 0 aromatic rings. The topological polar surface area (TPSA) is 70.1 Å². The van der Waals surface area contributed by atoms with Crippen LogP contribution in [0.15, 0.2) is 0 Å². The first-order valence-electron chi connectivity index (χ1n) is 6.92. The predicted molar refractivity (Wildman–Crippen MR) is 69.0 cm³/mol. The van der Waals surface area contributed by atoms with Gasteiger partial charge in [0.25, 0.3) is 0 Å². The molecule has 0 bridgehead atoms. The molecule has 19 heavy (non-hydrogen) atoms. The Balaban J connectivity index is 2.19. The normalized spacial score (nSPS) is 31.6. The number of aliphatic carboxylic acids is 1. The Kier molecular flexibility index (Phi) is 3.99. The Hall–Kier alpha value is -1.30.